The summed E-state index contributed by atoms with van der Waals surface area (Å²) in [6.07, 6.45) is 0. The van der Waals surface area contributed by atoms with Crippen molar-refractivity contribution in [1.82, 2.24) is 4.57 Å². The van der Waals surface area contributed by atoms with E-state index >= 15 is 0 Å². The summed E-state index contributed by atoms with van der Waals surface area (Å²) in [5.74, 6) is 0. The number of fused-ring (bicyclic) bond motifs is 14. The first-order chi connectivity index (χ1) is 48.4. The highest BCUT2D eigenvalue weighted by molar-refractivity contribution is 6.27. The monoisotopic (exact) mass is 1330 g/mol. The molecule has 1 aliphatic carbocycles. The van der Waals surface area contributed by atoms with Crippen LogP contribution in [0.2, 0.25) is 0 Å². The van der Waals surface area contributed by atoms with E-state index in [1.807, 2.05) is 0 Å². The fourth-order valence-electron chi connectivity index (χ4n) is 16.6. The Labute approximate surface area is 603 Å². The zero-order valence-corrected chi connectivity index (χ0v) is 63.1. The van der Waals surface area contributed by atoms with E-state index in [2.05, 4.69) is 376 Å². The van der Waals surface area contributed by atoms with E-state index in [0.29, 0.717) is 0 Å². The lowest BCUT2D eigenvalue weighted by Gasteiger charge is -2.36. The topological polar surface area (TPSA) is 37.7 Å². The molecule has 3 aromatic heterocycles. The Bertz CT molecular complexity index is 5620. The van der Waals surface area contributed by atoms with Crippen LogP contribution in [0.25, 0.3) is 82.5 Å². The number of aromatic nitrogens is 1. The lowest BCUT2D eigenvalue weighted by molar-refractivity contribution is 0.589. The van der Waals surface area contributed by atoms with Crippen molar-refractivity contribution in [2.45, 2.75) is 164 Å². The van der Waals surface area contributed by atoms with E-state index in [9.17, 15) is 0 Å². The van der Waals surface area contributed by atoms with Crippen LogP contribution in [0.15, 0.2) is 239 Å². The summed E-state index contributed by atoms with van der Waals surface area (Å²) >= 11 is 0. The molecule has 5 heteroatoms. The van der Waals surface area contributed by atoms with Gasteiger partial charge in [0.2, 0.25) is 0 Å². The molecule has 12 aromatic carbocycles. The van der Waals surface area contributed by atoms with Crippen LogP contribution >= 0.6 is 0 Å². The first-order valence-corrected chi connectivity index (χ1v) is 36.6. The minimum absolute atomic E-state index is 0.00866. The maximum atomic E-state index is 7.68. The van der Waals surface area contributed by atoms with Crippen LogP contribution in [-0.2, 0) is 32.5 Å². The highest BCUT2D eigenvalue weighted by Gasteiger charge is 2.51. The van der Waals surface area contributed by atoms with Gasteiger partial charge in [-0.1, -0.05) is 248 Å². The highest BCUT2D eigenvalue weighted by atomic mass is 16.3. The zero-order valence-electron chi connectivity index (χ0n) is 63.1. The zero-order chi connectivity index (χ0) is 71.6. The van der Waals surface area contributed by atoms with Gasteiger partial charge in [-0.2, -0.15) is 0 Å². The van der Waals surface area contributed by atoms with Gasteiger partial charge in [0, 0.05) is 60.8 Å². The summed E-state index contributed by atoms with van der Waals surface area (Å²) in [7, 11) is 0. The van der Waals surface area contributed by atoms with Gasteiger partial charge in [0.25, 0.3) is 0 Å². The predicted molar refractivity (Wildman–Crippen MR) is 434 cm³/mol. The maximum Gasteiger partial charge on any atom is 0.160 e. The maximum absolute atomic E-state index is 7.68. The Morgan fingerprint density at radius 1 is 0.314 bits per heavy atom. The molecule has 0 aliphatic heterocycles. The average Bonchev–Trinajstić information content (AvgIpc) is 1.49. The number of hydrogen-bond donors (Lipinski definition) is 0. The van der Waals surface area contributed by atoms with Gasteiger partial charge in [0.15, 0.2) is 11.2 Å². The molecule has 15 aromatic rings. The van der Waals surface area contributed by atoms with Gasteiger partial charge in [0.05, 0.1) is 27.8 Å². The average molecular weight is 1330 g/mol. The van der Waals surface area contributed by atoms with E-state index in [0.717, 1.165) is 134 Å². The van der Waals surface area contributed by atoms with E-state index in [1.54, 1.807) is 0 Å². The van der Waals surface area contributed by atoms with Crippen molar-refractivity contribution >= 4 is 99.8 Å². The fourth-order valence-corrected chi connectivity index (χ4v) is 16.6. The van der Waals surface area contributed by atoms with Gasteiger partial charge in [-0.3, -0.25) is 0 Å². The summed E-state index contributed by atoms with van der Waals surface area (Å²) < 4.78 is 17.9. The molecule has 0 unspecified atom stereocenters. The van der Waals surface area contributed by atoms with E-state index in [4.69, 9.17) is 8.83 Å². The Morgan fingerprint density at radius 2 is 0.676 bits per heavy atom. The molecule has 0 saturated heterocycles. The normalized spacial score (nSPS) is 13.5. The molecule has 0 atom stereocenters. The van der Waals surface area contributed by atoms with Crippen LogP contribution in [0.3, 0.4) is 0 Å². The first-order valence-electron chi connectivity index (χ1n) is 36.6. The minimum atomic E-state index is -1.06. The molecular formula is C97H95N3O2. The third-order valence-electron chi connectivity index (χ3n) is 22.2. The third kappa shape index (κ3) is 10.6. The van der Waals surface area contributed by atoms with Crippen molar-refractivity contribution in [3.8, 4) is 16.8 Å². The molecule has 0 saturated carbocycles. The lowest BCUT2D eigenvalue weighted by Crippen LogP contribution is -2.29. The number of nitrogens with zero attached hydrogens (tertiary/aromatic N) is 3. The molecule has 0 N–H and O–H groups in total. The molecule has 510 valence electrons. The predicted octanol–water partition coefficient (Wildman–Crippen LogP) is 27.6. The van der Waals surface area contributed by atoms with Crippen molar-refractivity contribution < 1.29 is 8.83 Å². The van der Waals surface area contributed by atoms with Gasteiger partial charge in [-0.05, 0) is 224 Å². The number of furan rings is 2. The first kappa shape index (κ1) is 66.2. The molecule has 0 spiro atoms. The standard InChI is InChI=1S/C97H95N3O2/c1-58-28-48-78(60(3)52-58)98(69-42-34-63(35-43-69)93(8,9)10)82-56-76-88(86-72-24-20-22-26-84(72)101-90(82)86)89-77(57-83(91-87(89)73-25-21-23-27-85(73)102-91)99(79-49-29-59(2)53-61(79)4)70-44-36-64(37-45-70)94(11,12)13)97(76,66-32-30-62(31-33-66)92(5,6)7)68-41-51-81-75(55-68)74-54-67(96(17,18)19)40-50-80(74)100(81)71-46-38-65(39-47-71)95(14,15)16/h20-57H,1-19H3. The molecule has 16 rings (SSSR count). The van der Waals surface area contributed by atoms with Gasteiger partial charge in [-0.15, -0.1) is 0 Å². The summed E-state index contributed by atoms with van der Waals surface area (Å²) in [4.78, 5) is 4.99. The van der Waals surface area contributed by atoms with Crippen molar-refractivity contribution in [2.75, 3.05) is 9.80 Å². The second-order valence-corrected chi connectivity index (χ2v) is 34.5. The van der Waals surface area contributed by atoms with Gasteiger partial charge < -0.3 is 23.2 Å². The molecule has 0 amide bonds. The molecular weight excluding hydrogens is 1240 g/mol. The van der Waals surface area contributed by atoms with Crippen LogP contribution in [-0.4, -0.2) is 4.57 Å². The van der Waals surface area contributed by atoms with Crippen LogP contribution in [0.5, 0.6) is 0 Å². The minimum Gasteiger partial charge on any atom is -0.454 e. The molecule has 102 heavy (non-hydrogen) atoms. The molecule has 5 nitrogen and oxygen atoms in total. The van der Waals surface area contributed by atoms with E-state index in [1.165, 1.54) is 55.2 Å². The molecule has 0 radical (unpaired) electrons. The van der Waals surface area contributed by atoms with Gasteiger partial charge in [0.1, 0.15) is 11.2 Å². The van der Waals surface area contributed by atoms with Crippen molar-refractivity contribution in [3.05, 3.63) is 303 Å². The largest absolute Gasteiger partial charge is 0.454 e. The van der Waals surface area contributed by atoms with Crippen LogP contribution in [0.1, 0.15) is 176 Å². The number of anilines is 6. The number of rotatable bonds is 9. The number of hydrogen-bond acceptors (Lipinski definition) is 4. The highest BCUT2D eigenvalue weighted by Crippen LogP contribution is 2.65. The molecule has 1 aliphatic rings. The Morgan fingerprint density at radius 3 is 1.09 bits per heavy atom. The van der Waals surface area contributed by atoms with Crippen molar-refractivity contribution in [3.63, 3.8) is 0 Å². The quantitative estimate of drug-likeness (QED) is 0.144. The smallest absolute Gasteiger partial charge is 0.160 e. The molecule has 3 heterocycles. The summed E-state index contributed by atoms with van der Waals surface area (Å²) in [5.41, 5.74) is 29.4. The van der Waals surface area contributed by atoms with Crippen LogP contribution < -0.4 is 9.80 Å². The Hall–Kier alpha value is -10.4. The number of benzene rings is 12. The SMILES string of the molecule is Cc1ccc(N(c2ccc(C(C)(C)C)cc2)c2cc3c(c4c2oc2ccccc24)-c2c(cc(N(c4ccc(C(C)(C)C)cc4)c4ccc(C)cc4C)c4oc5ccccc5c24)C3(c2ccc(C(C)(C)C)cc2)c2ccc3c(c2)c2cc(C(C)(C)C)ccc2n3-c2ccc(C(C)(C)C)cc2)c(C)c1. The van der Waals surface area contributed by atoms with Crippen molar-refractivity contribution in [2.24, 2.45) is 0 Å². The molecule has 0 fully saturated rings. The van der Waals surface area contributed by atoms with Crippen LogP contribution in [0, 0.1) is 27.7 Å². The Balaban J connectivity index is 1.15. The fraction of sp³-hybridized carbons (Fsp3) is 0.258. The number of aryl methyl sites for hydroxylation is 4. The van der Waals surface area contributed by atoms with Crippen LogP contribution in [0.4, 0.5) is 34.1 Å². The molecule has 0 bridgehead atoms. The summed E-state index contributed by atoms with van der Waals surface area (Å²) in [6, 6.07) is 88.7. The van der Waals surface area contributed by atoms with Gasteiger partial charge >= 0.3 is 0 Å². The number of para-hydroxylation sites is 2. The third-order valence-corrected chi connectivity index (χ3v) is 22.2. The lowest BCUT2D eigenvalue weighted by atomic mass is 9.66. The second-order valence-electron chi connectivity index (χ2n) is 34.5. The van der Waals surface area contributed by atoms with E-state index in [-0.39, 0.29) is 27.1 Å². The second kappa shape index (κ2) is 23.3. The summed E-state index contributed by atoms with van der Waals surface area (Å²) in [6.45, 7) is 43.6. The Kier molecular flexibility index (Phi) is 15.2. The summed E-state index contributed by atoms with van der Waals surface area (Å²) in [5, 5.41) is 6.61. The van der Waals surface area contributed by atoms with E-state index < -0.39 is 5.41 Å². The van der Waals surface area contributed by atoms with Crippen molar-refractivity contribution in [1.29, 1.82) is 0 Å². The van der Waals surface area contributed by atoms with Gasteiger partial charge in [-0.25, -0.2) is 0 Å².